The summed E-state index contributed by atoms with van der Waals surface area (Å²) in [5, 5.41) is 10.4. The van der Waals surface area contributed by atoms with Crippen LogP contribution in [0.5, 0.6) is 0 Å². The molecule has 1 unspecified atom stereocenters. The first-order chi connectivity index (χ1) is 15.2. The summed E-state index contributed by atoms with van der Waals surface area (Å²) in [6, 6.07) is 14.0. The van der Waals surface area contributed by atoms with E-state index in [0.29, 0.717) is 24.6 Å². The van der Waals surface area contributed by atoms with E-state index in [2.05, 4.69) is 32.6 Å². The zero-order valence-electron chi connectivity index (χ0n) is 17.8. The third-order valence-electron chi connectivity index (χ3n) is 5.50. The Morgan fingerprint density at radius 2 is 2.00 bits per heavy atom. The molecule has 7 nitrogen and oxygen atoms in total. The van der Waals surface area contributed by atoms with Crippen LogP contribution >= 0.6 is 11.3 Å². The molecule has 164 valence electrons. The standard InChI is InChI=1S/C23H28N4O3S/c1-29-22(18-7-3-2-4-8-18)23-25-24-20(30-23)10-11-21(28)27-13-6-12-26(14-15-27)17-19-9-5-16-31-19/h2-5,7-9,16,22H,6,10-15,17H2,1H3. The largest absolute Gasteiger partial charge is 0.422 e. The number of carbonyl (C=O) groups excluding carboxylic acids is 1. The summed E-state index contributed by atoms with van der Waals surface area (Å²) in [6.07, 6.45) is 1.40. The Hall–Kier alpha value is -2.55. The molecule has 1 aromatic carbocycles. The Bertz CT molecular complexity index is 945. The van der Waals surface area contributed by atoms with Gasteiger partial charge >= 0.3 is 0 Å². The molecular weight excluding hydrogens is 412 g/mol. The maximum absolute atomic E-state index is 12.8. The number of rotatable bonds is 8. The molecule has 0 saturated carbocycles. The highest BCUT2D eigenvalue weighted by atomic mass is 32.1. The minimum Gasteiger partial charge on any atom is -0.422 e. The van der Waals surface area contributed by atoms with Gasteiger partial charge in [-0.3, -0.25) is 9.69 Å². The predicted molar refractivity (Wildman–Crippen MR) is 119 cm³/mol. The molecule has 0 aliphatic carbocycles. The van der Waals surface area contributed by atoms with Crippen molar-refractivity contribution >= 4 is 17.2 Å². The fraction of sp³-hybridized carbons (Fsp3) is 0.435. The Labute approximate surface area is 186 Å². The third kappa shape index (κ3) is 5.78. The lowest BCUT2D eigenvalue weighted by atomic mass is 10.1. The third-order valence-corrected chi connectivity index (χ3v) is 6.36. The van der Waals surface area contributed by atoms with Gasteiger partial charge in [0.15, 0.2) is 6.10 Å². The van der Waals surface area contributed by atoms with Gasteiger partial charge in [0.25, 0.3) is 0 Å². The number of amides is 1. The van der Waals surface area contributed by atoms with E-state index in [1.54, 1.807) is 18.4 Å². The van der Waals surface area contributed by atoms with E-state index in [0.717, 1.165) is 44.7 Å². The Kier molecular flexibility index (Phi) is 7.45. The maximum atomic E-state index is 12.8. The van der Waals surface area contributed by atoms with Gasteiger partial charge in [0, 0.05) is 57.6 Å². The fourth-order valence-electron chi connectivity index (χ4n) is 3.85. The molecule has 0 bridgehead atoms. The molecule has 8 heteroatoms. The molecule has 3 heterocycles. The molecule has 0 N–H and O–H groups in total. The number of hydrogen-bond donors (Lipinski definition) is 0. The summed E-state index contributed by atoms with van der Waals surface area (Å²) >= 11 is 1.79. The Balaban J connectivity index is 1.28. The van der Waals surface area contributed by atoms with Crippen LogP contribution < -0.4 is 0 Å². The van der Waals surface area contributed by atoms with Gasteiger partial charge in [-0.2, -0.15) is 0 Å². The van der Waals surface area contributed by atoms with E-state index < -0.39 is 6.10 Å². The number of carbonyl (C=O) groups is 1. The Morgan fingerprint density at radius 3 is 2.77 bits per heavy atom. The van der Waals surface area contributed by atoms with Crippen LogP contribution in [0.3, 0.4) is 0 Å². The minimum absolute atomic E-state index is 0.143. The van der Waals surface area contributed by atoms with Crippen LogP contribution in [0.15, 0.2) is 52.3 Å². The van der Waals surface area contributed by atoms with E-state index in [1.165, 1.54) is 4.88 Å². The van der Waals surface area contributed by atoms with E-state index >= 15 is 0 Å². The number of hydrogen-bond acceptors (Lipinski definition) is 7. The molecule has 0 radical (unpaired) electrons. The number of thiophene rings is 1. The van der Waals surface area contributed by atoms with E-state index in [1.807, 2.05) is 35.2 Å². The molecule has 4 rings (SSSR count). The SMILES string of the molecule is COC(c1ccccc1)c1nnc(CCC(=O)N2CCCN(Cc3cccs3)CC2)o1. The van der Waals surface area contributed by atoms with Crippen LogP contribution in [0.1, 0.15) is 41.2 Å². The second kappa shape index (κ2) is 10.7. The van der Waals surface area contributed by atoms with Crippen molar-refractivity contribution in [1.29, 1.82) is 0 Å². The lowest BCUT2D eigenvalue weighted by Crippen LogP contribution is -2.35. The number of nitrogens with zero attached hydrogens (tertiary/aromatic N) is 4. The molecule has 1 aliphatic rings. The molecule has 1 amide bonds. The number of benzene rings is 1. The van der Waals surface area contributed by atoms with E-state index in [-0.39, 0.29) is 5.91 Å². The van der Waals surface area contributed by atoms with Gasteiger partial charge in [-0.1, -0.05) is 36.4 Å². The first kappa shape index (κ1) is 21.7. The summed E-state index contributed by atoms with van der Waals surface area (Å²) in [6.45, 7) is 4.45. The second-order valence-electron chi connectivity index (χ2n) is 7.65. The smallest absolute Gasteiger partial charge is 0.249 e. The lowest BCUT2D eigenvalue weighted by molar-refractivity contribution is -0.131. The average molecular weight is 441 g/mol. The van der Waals surface area contributed by atoms with Crippen molar-refractivity contribution < 1.29 is 13.9 Å². The van der Waals surface area contributed by atoms with Gasteiger partial charge in [0.1, 0.15) is 0 Å². The van der Waals surface area contributed by atoms with Crippen LogP contribution in [0.25, 0.3) is 0 Å². The zero-order chi connectivity index (χ0) is 21.5. The molecule has 1 fully saturated rings. The summed E-state index contributed by atoms with van der Waals surface area (Å²) in [5.74, 6) is 1.02. The molecule has 2 aromatic heterocycles. The minimum atomic E-state index is -0.405. The summed E-state index contributed by atoms with van der Waals surface area (Å²) in [5.41, 5.74) is 0.952. The first-order valence-corrected chi connectivity index (χ1v) is 11.5. The first-order valence-electron chi connectivity index (χ1n) is 10.7. The summed E-state index contributed by atoms with van der Waals surface area (Å²) in [7, 11) is 1.62. The number of aryl methyl sites for hydroxylation is 1. The van der Waals surface area contributed by atoms with Gasteiger partial charge in [0.2, 0.25) is 17.7 Å². The molecule has 1 saturated heterocycles. The quantitative estimate of drug-likeness (QED) is 0.534. The van der Waals surface area contributed by atoms with Crippen molar-refractivity contribution in [2.45, 2.75) is 31.9 Å². The topological polar surface area (TPSA) is 71.7 Å². The molecule has 1 aliphatic heterocycles. The van der Waals surface area contributed by atoms with Crippen LogP contribution in [0.2, 0.25) is 0 Å². The van der Waals surface area contributed by atoms with Crippen molar-refractivity contribution in [2.75, 3.05) is 33.3 Å². The van der Waals surface area contributed by atoms with Gasteiger partial charge in [-0.25, -0.2) is 0 Å². The summed E-state index contributed by atoms with van der Waals surface area (Å²) in [4.78, 5) is 18.5. The highest BCUT2D eigenvalue weighted by Gasteiger charge is 2.22. The van der Waals surface area contributed by atoms with Gasteiger partial charge < -0.3 is 14.1 Å². The molecule has 3 aromatic rings. The number of methoxy groups -OCH3 is 1. The van der Waals surface area contributed by atoms with E-state index in [9.17, 15) is 4.79 Å². The highest BCUT2D eigenvalue weighted by molar-refractivity contribution is 7.09. The van der Waals surface area contributed by atoms with Gasteiger partial charge in [-0.15, -0.1) is 21.5 Å². The van der Waals surface area contributed by atoms with Gasteiger partial charge in [-0.05, 0) is 23.4 Å². The van der Waals surface area contributed by atoms with Crippen molar-refractivity contribution in [3.05, 3.63) is 70.1 Å². The zero-order valence-corrected chi connectivity index (χ0v) is 18.6. The van der Waals surface area contributed by atoms with Crippen molar-refractivity contribution in [1.82, 2.24) is 20.0 Å². The number of aromatic nitrogens is 2. The number of ether oxygens (including phenoxy) is 1. The molecule has 1 atom stereocenters. The monoisotopic (exact) mass is 440 g/mol. The van der Waals surface area contributed by atoms with Crippen molar-refractivity contribution in [3.63, 3.8) is 0 Å². The van der Waals surface area contributed by atoms with Crippen LogP contribution in [-0.4, -0.2) is 59.2 Å². The predicted octanol–water partition coefficient (Wildman–Crippen LogP) is 3.53. The fourth-order valence-corrected chi connectivity index (χ4v) is 4.60. The van der Waals surface area contributed by atoms with E-state index in [4.69, 9.17) is 9.15 Å². The second-order valence-corrected chi connectivity index (χ2v) is 8.68. The average Bonchev–Trinajstić information content (AvgIpc) is 3.42. The normalized spacial score (nSPS) is 16.2. The van der Waals surface area contributed by atoms with Crippen molar-refractivity contribution in [3.8, 4) is 0 Å². The highest BCUT2D eigenvalue weighted by Crippen LogP contribution is 2.24. The van der Waals surface area contributed by atoms with Crippen molar-refractivity contribution in [2.24, 2.45) is 0 Å². The maximum Gasteiger partial charge on any atom is 0.249 e. The summed E-state index contributed by atoms with van der Waals surface area (Å²) < 4.78 is 11.3. The van der Waals surface area contributed by atoms with Crippen LogP contribution in [0, 0.1) is 0 Å². The Morgan fingerprint density at radius 1 is 1.13 bits per heavy atom. The molecule has 0 spiro atoms. The molecular formula is C23H28N4O3S. The molecule has 31 heavy (non-hydrogen) atoms. The van der Waals surface area contributed by atoms with Gasteiger partial charge in [0.05, 0.1) is 0 Å². The van der Waals surface area contributed by atoms with Crippen LogP contribution in [-0.2, 0) is 22.5 Å². The lowest BCUT2D eigenvalue weighted by Gasteiger charge is -2.21. The van der Waals surface area contributed by atoms with Crippen LogP contribution in [0.4, 0.5) is 0 Å².